The molecular weight excluding hydrogens is 507 g/mol. The maximum atomic E-state index is 13.5. The van der Waals surface area contributed by atoms with Crippen molar-refractivity contribution in [1.29, 1.82) is 5.26 Å². The molecule has 0 aliphatic carbocycles. The zero-order chi connectivity index (χ0) is 25.5. The van der Waals surface area contributed by atoms with Crippen molar-refractivity contribution < 1.29 is 31.2 Å². The minimum atomic E-state index is -4.65. The van der Waals surface area contributed by atoms with Gasteiger partial charge >= 0.3 is 11.4 Å². The number of carbonyl (C=O) groups excluding carboxylic acids is 2. The number of sulfonamides is 1. The average Bonchev–Trinajstić information content (AvgIpc) is 3.28. The van der Waals surface area contributed by atoms with Crippen LogP contribution in [0.4, 0.5) is 18.0 Å². The van der Waals surface area contributed by atoms with E-state index >= 15 is 0 Å². The van der Waals surface area contributed by atoms with Crippen LogP contribution in [-0.4, -0.2) is 40.6 Å². The number of amides is 2. The van der Waals surface area contributed by atoms with Gasteiger partial charge in [0.2, 0.25) is 10.0 Å². The molecule has 180 valence electrons. The lowest BCUT2D eigenvalue weighted by molar-refractivity contribution is -0.138. The van der Waals surface area contributed by atoms with E-state index < -0.39 is 32.9 Å². The summed E-state index contributed by atoms with van der Waals surface area (Å²) in [5, 5.41) is 13.3. The van der Waals surface area contributed by atoms with Gasteiger partial charge in [0.25, 0.3) is 5.91 Å². The predicted octanol–water partition coefficient (Wildman–Crippen LogP) is 3.48. The second kappa shape index (κ2) is 8.84. The highest BCUT2D eigenvalue weighted by molar-refractivity contribution is 8.18. The number of imide groups is 1. The molecule has 0 spiro atoms. The lowest BCUT2D eigenvalue weighted by atomic mass is 10.0. The van der Waals surface area contributed by atoms with Crippen molar-refractivity contribution in [1.82, 2.24) is 19.6 Å². The van der Waals surface area contributed by atoms with Gasteiger partial charge in [-0.3, -0.25) is 14.3 Å². The lowest BCUT2D eigenvalue weighted by Crippen LogP contribution is -2.44. The number of nitrogens with zero attached hydrogens (tertiary/aromatic N) is 4. The number of alkyl halides is 3. The summed E-state index contributed by atoms with van der Waals surface area (Å²) >= 11 is 0.558. The third-order valence-electron chi connectivity index (χ3n) is 4.88. The zero-order valence-corrected chi connectivity index (χ0v) is 19.3. The minimum absolute atomic E-state index is 0.00899. The van der Waals surface area contributed by atoms with Crippen LogP contribution in [0.1, 0.15) is 22.3 Å². The second-order valence-electron chi connectivity index (χ2n) is 7.48. The van der Waals surface area contributed by atoms with E-state index in [1.54, 1.807) is 24.3 Å². The molecule has 1 fully saturated rings. The highest BCUT2D eigenvalue weighted by Gasteiger charge is 2.37. The first-order valence-corrected chi connectivity index (χ1v) is 12.4. The number of carbonyl (C=O) groups is 2. The van der Waals surface area contributed by atoms with E-state index in [1.807, 2.05) is 4.83 Å². The summed E-state index contributed by atoms with van der Waals surface area (Å²) in [6.07, 6.45) is -0.997. The Morgan fingerprint density at radius 1 is 1.20 bits per heavy atom. The monoisotopic (exact) mass is 521 g/mol. The van der Waals surface area contributed by atoms with Gasteiger partial charge in [-0.25, -0.2) is 8.42 Å². The molecule has 9 nitrogen and oxygen atoms in total. The molecule has 1 N–H and O–H groups in total. The maximum Gasteiger partial charge on any atom is 0.416 e. The molecule has 1 aliphatic heterocycles. The fourth-order valence-electron chi connectivity index (χ4n) is 3.39. The van der Waals surface area contributed by atoms with E-state index in [0.29, 0.717) is 33.2 Å². The molecule has 35 heavy (non-hydrogen) atoms. The van der Waals surface area contributed by atoms with Crippen molar-refractivity contribution in [2.24, 2.45) is 0 Å². The van der Waals surface area contributed by atoms with Gasteiger partial charge in [0.15, 0.2) is 0 Å². The van der Waals surface area contributed by atoms with Gasteiger partial charge in [-0.15, -0.1) is 4.83 Å². The van der Waals surface area contributed by atoms with Crippen LogP contribution in [0.15, 0.2) is 47.5 Å². The quantitative estimate of drug-likeness (QED) is 0.510. The molecule has 2 heterocycles. The summed E-state index contributed by atoms with van der Waals surface area (Å²) in [6.45, 7) is -0.195. The number of halogens is 3. The highest BCUT2D eigenvalue weighted by Crippen LogP contribution is 2.34. The second-order valence-corrected chi connectivity index (χ2v) is 10.2. The van der Waals surface area contributed by atoms with E-state index in [9.17, 15) is 31.2 Å². The number of thioether (sulfide) groups is 1. The van der Waals surface area contributed by atoms with Gasteiger partial charge in [-0.2, -0.15) is 28.5 Å². The number of rotatable bonds is 5. The molecule has 0 bridgehead atoms. The van der Waals surface area contributed by atoms with Crippen LogP contribution in [0.3, 0.4) is 0 Å². The molecule has 3 aromatic rings. The maximum absolute atomic E-state index is 13.5. The summed E-state index contributed by atoms with van der Waals surface area (Å²) in [5.74, 6) is -0.832. The van der Waals surface area contributed by atoms with E-state index in [4.69, 9.17) is 5.26 Å². The standard InChI is InChI=1S/C21H14F3N5O4S2/c1-35(32,33)27-29-19(30)18(34-20(29)31)8-12-3-5-17-15(6-12)10-26-28(17)11-14-4-2-13(9-25)7-16(14)21(22,23)24/h2-8,10,27H,11H2,1H3/b18-8-. The van der Waals surface area contributed by atoms with Crippen molar-refractivity contribution in [2.75, 3.05) is 6.26 Å². The molecule has 1 aliphatic rings. The number of fused-ring (bicyclic) bond motifs is 1. The van der Waals surface area contributed by atoms with Gasteiger partial charge in [-0.05, 0) is 53.2 Å². The van der Waals surface area contributed by atoms with Crippen molar-refractivity contribution >= 4 is 49.9 Å². The van der Waals surface area contributed by atoms with Gasteiger partial charge in [0, 0.05) is 5.39 Å². The molecule has 1 saturated heterocycles. The molecule has 2 amide bonds. The molecule has 4 rings (SSSR count). The number of nitriles is 1. The van der Waals surface area contributed by atoms with Gasteiger partial charge in [0.05, 0.1) is 46.6 Å². The van der Waals surface area contributed by atoms with Crippen LogP contribution in [0, 0.1) is 11.3 Å². The Morgan fingerprint density at radius 2 is 1.94 bits per heavy atom. The van der Waals surface area contributed by atoms with Gasteiger partial charge in [0.1, 0.15) is 0 Å². The Hall–Kier alpha value is -3.67. The van der Waals surface area contributed by atoms with Gasteiger partial charge in [-0.1, -0.05) is 12.1 Å². The van der Waals surface area contributed by atoms with E-state index in [0.717, 1.165) is 12.3 Å². The minimum Gasteiger partial charge on any atom is -0.266 e. The molecule has 0 unspecified atom stereocenters. The SMILES string of the molecule is CS(=O)(=O)NN1C(=O)S/C(=C\c2ccc3c(cnn3Cc3ccc(C#N)cc3C(F)(F)F)c2)C1=O. The predicted molar refractivity (Wildman–Crippen MR) is 121 cm³/mol. The molecule has 0 atom stereocenters. The van der Waals surface area contributed by atoms with Crippen LogP contribution in [-0.2, 0) is 27.5 Å². The summed E-state index contributed by atoms with van der Waals surface area (Å²) in [7, 11) is -3.84. The summed E-state index contributed by atoms with van der Waals surface area (Å²) < 4.78 is 64.6. The Bertz CT molecular complexity index is 1560. The molecule has 0 saturated carbocycles. The fourth-order valence-corrected chi connectivity index (χ4v) is 4.73. The molecular formula is C21H14F3N5O4S2. The van der Waals surface area contributed by atoms with Crippen molar-refractivity contribution in [3.05, 3.63) is 69.8 Å². The average molecular weight is 522 g/mol. The normalized spacial score (nSPS) is 15.9. The van der Waals surface area contributed by atoms with Crippen LogP contribution in [0.25, 0.3) is 17.0 Å². The van der Waals surface area contributed by atoms with Crippen LogP contribution in [0.5, 0.6) is 0 Å². The first kappa shape index (κ1) is 24.5. The molecule has 0 radical (unpaired) electrons. The van der Waals surface area contributed by atoms with Crippen LogP contribution >= 0.6 is 11.8 Å². The van der Waals surface area contributed by atoms with Crippen LogP contribution in [0.2, 0.25) is 0 Å². The number of hydrogen-bond donors (Lipinski definition) is 1. The molecule has 2 aromatic carbocycles. The molecule has 14 heteroatoms. The Balaban J connectivity index is 1.63. The molecule has 1 aromatic heterocycles. The first-order valence-electron chi connectivity index (χ1n) is 9.67. The smallest absolute Gasteiger partial charge is 0.266 e. The number of hydrazine groups is 1. The summed E-state index contributed by atoms with van der Waals surface area (Å²) in [6, 6.07) is 9.85. The third kappa shape index (κ3) is 5.21. The summed E-state index contributed by atoms with van der Waals surface area (Å²) in [5.41, 5.74) is -0.0668. The van der Waals surface area contributed by atoms with E-state index in [1.165, 1.54) is 29.1 Å². The van der Waals surface area contributed by atoms with E-state index in [-0.39, 0.29) is 22.6 Å². The third-order valence-corrected chi connectivity index (χ3v) is 6.26. The van der Waals surface area contributed by atoms with Crippen LogP contribution < -0.4 is 4.83 Å². The topological polar surface area (TPSA) is 125 Å². The Kier molecular flexibility index (Phi) is 6.18. The van der Waals surface area contributed by atoms with Gasteiger partial charge < -0.3 is 0 Å². The fraction of sp³-hybridized carbons (Fsp3) is 0.143. The van der Waals surface area contributed by atoms with Crippen molar-refractivity contribution in [3.63, 3.8) is 0 Å². The summed E-state index contributed by atoms with van der Waals surface area (Å²) in [4.78, 5) is 26.2. The number of nitrogens with one attached hydrogen (secondary N) is 1. The largest absolute Gasteiger partial charge is 0.416 e. The Labute approximate surface area is 200 Å². The number of aromatic nitrogens is 2. The zero-order valence-electron chi connectivity index (χ0n) is 17.7. The van der Waals surface area contributed by atoms with Crippen molar-refractivity contribution in [3.8, 4) is 6.07 Å². The van der Waals surface area contributed by atoms with E-state index in [2.05, 4.69) is 5.10 Å². The Morgan fingerprint density at radius 3 is 2.60 bits per heavy atom. The highest BCUT2D eigenvalue weighted by atomic mass is 32.2. The van der Waals surface area contributed by atoms with Crippen molar-refractivity contribution in [2.45, 2.75) is 12.7 Å². The number of hydrogen-bond acceptors (Lipinski definition) is 7. The number of benzene rings is 2. The lowest BCUT2D eigenvalue weighted by Gasteiger charge is -2.14. The first-order chi connectivity index (χ1) is 16.4.